The summed E-state index contributed by atoms with van der Waals surface area (Å²) in [4.78, 5) is 18.5. The Balaban J connectivity index is 1.50. The molecule has 1 saturated heterocycles. The third-order valence-electron chi connectivity index (χ3n) is 4.71. The van der Waals surface area contributed by atoms with E-state index in [0.717, 1.165) is 24.9 Å². The van der Waals surface area contributed by atoms with Crippen molar-refractivity contribution in [1.82, 2.24) is 20.1 Å². The van der Waals surface area contributed by atoms with Crippen LogP contribution in [-0.2, 0) is 0 Å². The lowest BCUT2D eigenvalue weighted by Crippen LogP contribution is -2.39. The maximum atomic E-state index is 12.7. The average molecular weight is 348 g/mol. The van der Waals surface area contributed by atoms with E-state index in [1.54, 1.807) is 24.5 Å². The molecule has 3 heterocycles. The summed E-state index contributed by atoms with van der Waals surface area (Å²) in [6.07, 6.45) is 5.13. The van der Waals surface area contributed by atoms with Crippen molar-refractivity contribution in [3.05, 3.63) is 65.8 Å². The summed E-state index contributed by atoms with van der Waals surface area (Å²) < 4.78 is 5.91. The molecule has 26 heavy (non-hydrogen) atoms. The highest BCUT2D eigenvalue weighted by Crippen LogP contribution is 2.29. The van der Waals surface area contributed by atoms with Gasteiger partial charge in [-0.25, -0.2) is 0 Å². The van der Waals surface area contributed by atoms with Crippen LogP contribution in [0.3, 0.4) is 0 Å². The van der Waals surface area contributed by atoms with Crippen LogP contribution in [0.4, 0.5) is 0 Å². The Morgan fingerprint density at radius 1 is 1.19 bits per heavy atom. The van der Waals surface area contributed by atoms with Gasteiger partial charge in [-0.2, -0.15) is 0 Å². The number of amides is 1. The molecule has 0 aliphatic carbocycles. The number of likely N-dealkylation sites (tertiary alicyclic amines) is 1. The molecule has 1 aromatic carbocycles. The van der Waals surface area contributed by atoms with Crippen molar-refractivity contribution in [1.29, 1.82) is 0 Å². The van der Waals surface area contributed by atoms with Crippen LogP contribution in [-0.4, -0.2) is 39.1 Å². The van der Waals surface area contributed by atoms with Gasteiger partial charge in [-0.3, -0.25) is 9.78 Å². The quantitative estimate of drug-likeness (QED) is 0.725. The van der Waals surface area contributed by atoms with E-state index < -0.39 is 0 Å². The van der Waals surface area contributed by atoms with Gasteiger partial charge in [-0.05, 0) is 44.0 Å². The smallest absolute Gasteiger partial charge is 0.255 e. The van der Waals surface area contributed by atoms with Crippen LogP contribution < -0.4 is 0 Å². The first-order valence-corrected chi connectivity index (χ1v) is 8.80. The van der Waals surface area contributed by atoms with Crippen molar-refractivity contribution < 1.29 is 9.21 Å². The van der Waals surface area contributed by atoms with Gasteiger partial charge < -0.3 is 9.32 Å². The van der Waals surface area contributed by atoms with E-state index >= 15 is 0 Å². The Morgan fingerprint density at radius 3 is 2.81 bits per heavy atom. The first-order chi connectivity index (χ1) is 12.7. The maximum absolute atomic E-state index is 12.7. The van der Waals surface area contributed by atoms with E-state index in [2.05, 4.69) is 15.2 Å². The summed E-state index contributed by atoms with van der Waals surface area (Å²) >= 11 is 0. The molecule has 0 N–H and O–H groups in total. The molecule has 2 aromatic heterocycles. The number of nitrogens with zero attached hydrogens (tertiary/aromatic N) is 4. The van der Waals surface area contributed by atoms with Crippen LogP contribution in [0.15, 0.2) is 53.2 Å². The minimum Gasteiger partial charge on any atom is -0.420 e. The molecular formula is C20H20N4O2. The molecule has 132 valence electrons. The number of hydrogen-bond donors (Lipinski definition) is 0. The normalized spacial score (nSPS) is 17.3. The summed E-state index contributed by atoms with van der Waals surface area (Å²) in [5.74, 6) is 1.19. The molecule has 6 heteroatoms. The molecule has 0 radical (unpaired) electrons. The predicted octanol–water partition coefficient (Wildman–Crippen LogP) is 3.46. The largest absolute Gasteiger partial charge is 0.420 e. The van der Waals surface area contributed by atoms with Crippen molar-refractivity contribution in [3.8, 4) is 11.5 Å². The maximum Gasteiger partial charge on any atom is 0.255 e. The van der Waals surface area contributed by atoms with Gasteiger partial charge >= 0.3 is 0 Å². The second kappa shape index (κ2) is 7.07. The van der Waals surface area contributed by atoms with Crippen LogP contribution in [0.2, 0.25) is 0 Å². The van der Waals surface area contributed by atoms with E-state index in [9.17, 15) is 4.79 Å². The number of carbonyl (C=O) groups is 1. The molecule has 0 saturated carbocycles. The van der Waals surface area contributed by atoms with E-state index in [1.165, 1.54) is 5.56 Å². The van der Waals surface area contributed by atoms with E-state index in [4.69, 9.17) is 4.42 Å². The standard InChI is InChI=1S/C20H20N4O2/c1-14-6-8-15(9-7-14)18-22-23-19(26-18)17-5-3-11-24(13-17)20(25)16-4-2-10-21-12-16/h2,4,6-10,12,17H,3,5,11,13H2,1H3. The fourth-order valence-electron chi connectivity index (χ4n) is 3.25. The number of benzene rings is 1. The van der Waals surface area contributed by atoms with Crippen molar-refractivity contribution in [3.63, 3.8) is 0 Å². The molecule has 0 spiro atoms. The second-order valence-electron chi connectivity index (χ2n) is 6.64. The van der Waals surface area contributed by atoms with Gasteiger partial charge in [0.25, 0.3) is 5.91 Å². The molecule has 0 bridgehead atoms. The summed E-state index contributed by atoms with van der Waals surface area (Å²) in [5, 5.41) is 8.43. The second-order valence-corrected chi connectivity index (χ2v) is 6.64. The van der Waals surface area contributed by atoms with Gasteiger partial charge in [-0.15, -0.1) is 10.2 Å². The highest BCUT2D eigenvalue weighted by Gasteiger charge is 2.29. The monoisotopic (exact) mass is 348 g/mol. The fraction of sp³-hybridized carbons (Fsp3) is 0.300. The number of rotatable bonds is 3. The highest BCUT2D eigenvalue weighted by molar-refractivity contribution is 5.93. The van der Waals surface area contributed by atoms with Gasteiger partial charge in [0, 0.05) is 31.0 Å². The first kappa shape index (κ1) is 16.4. The third-order valence-corrected chi connectivity index (χ3v) is 4.71. The number of aromatic nitrogens is 3. The number of aryl methyl sites for hydroxylation is 1. The molecule has 1 aliphatic rings. The van der Waals surface area contributed by atoms with Gasteiger partial charge in [0.1, 0.15) is 0 Å². The molecule has 1 unspecified atom stereocenters. The highest BCUT2D eigenvalue weighted by atomic mass is 16.4. The molecule has 6 nitrogen and oxygen atoms in total. The van der Waals surface area contributed by atoms with Crippen molar-refractivity contribution >= 4 is 5.91 Å². The van der Waals surface area contributed by atoms with Gasteiger partial charge in [-0.1, -0.05) is 17.7 Å². The lowest BCUT2D eigenvalue weighted by atomic mass is 9.97. The average Bonchev–Trinajstić information content (AvgIpc) is 3.19. The first-order valence-electron chi connectivity index (χ1n) is 8.80. The zero-order chi connectivity index (χ0) is 17.9. The van der Waals surface area contributed by atoms with Crippen LogP contribution in [0.1, 0.15) is 40.6 Å². The molecule has 4 rings (SSSR count). The fourth-order valence-corrected chi connectivity index (χ4v) is 3.25. The van der Waals surface area contributed by atoms with Crippen LogP contribution >= 0.6 is 0 Å². The van der Waals surface area contributed by atoms with Crippen LogP contribution in [0.25, 0.3) is 11.5 Å². The molecular weight excluding hydrogens is 328 g/mol. The Hall–Kier alpha value is -3.02. The SMILES string of the molecule is Cc1ccc(-c2nnc(C3CCCN(C(=O)c4cccnc4)C3)o2)cc1. The van der Waals surface area contributed by atoms with E-state index in [0.29, 0.717) is 23.9 Å². The lowest BCUT2D eigenvalue weighted by molar-refractivity contribution is 0.0698. The molecule has 3 aromatic rings. The van der Waals surface area contributed by atoms with Gasteiger partial charge in [0.15, 0.2) is 0 Å². The lowest BCUT2D eigenvalue weighted by Gasteiger charge is -2.31. The minimum atomic E-state index is 0.000994. The zero-order valence-electron chi connectivity index (χ0n) is 14.6. The Kier molecular flexibility index (Phi) is 4.48. The molecule has 1 atom stereocenters. The number of carbonyl (C=O) groups excluding carboxylic acids is 1. The van der Waals surface area contributed by atoms with E-state index in [-0.39, 0.29) is 11.8 Å². The minimum absolute atomic E-state index is 0.000994. The molecule has 1 fully saturated rings. The van der Waals surface area contributed by atoms with Crippen molar-refractivity contribution in [2.75, 3.05) is 13.1 Å². The Bertz CT molecular complexity index is 890. The summed E-state index contributed by atoms with van der Waals surface area (Å²) in [7, 11) is 0. The number of hydrogen-bond acceptors (Lipinski definition) is 5. The number of pyridine rings is 1. The number of piperidine rings is 1. The van der Waals surface area contributed by atoms with Gasteiger partial charge in [0.2, 0.25) is 11.8 Å². The van der Waals surface area contributed by atoms with Crippen LogP contribution in [0.5, 0.6) is 0 Å². The predicted molar refractivity (Wildman–Crippen MR) is 96.6 cm³/mol. The molecule has 1 amide bonds. The Labute approximate surface area is 151 Å². The van der Waals surface area contributed by atoms with E-state index in [1.807, 2.05) is 36.1 Å². The van der Waals surface area contributed by atoms with Crippen molar-refractivity contribution in [2.24, 2.45) is 0 Å². The summed E-state index contributed by atoms with van der Waals surface area (Å²) in [6.45, 7) is 3.37. The summed E-state index contributed by atoms with van der Waals surface area (Å²) in [6, 6.07) is 11.6. The Morgan fingerprint density at radius 2 is 2.04 bits per heavy atom. The zero-order valence-corrected chi connectivity index (χ0v) is 14.6. The van der Waals surface area contributed by atoms with Crippen LogP contribution in [0, 0.1) is 6.92 Å². The molecule has 1 aliphatic heterocycles. The summed E-state index contributed by atoms with van der Waals surface area (Å²) in [5.41, 5.74) is 2.71. The van der Waals surface area contributed by atoms with Crippen molar-refractivity contribution in [2.45, 2.75) is 25.7 Å². The van der Waals surface area contributed by atoms with Gasteiger partial charge in [0.05, 0.1) is 11.5 Å². The third kappa shape index (κ3) is 3.35. The topological polar surface area (TPSA) is 72.1 Å².